The first-order valence-electron chi connectivity index (χ1n) is 6.24. The van der Waals surface area contributed by atoms with Crippen molar-refractivity contribution in [3.63, 3.8) is 0 Å². The molecular weight excluding hydrogens is 276 g/mol. The van der Waals surface area contributed by atoms with E-state index in [1.807, 2.05) is 0 Å². The van der Waals surface area contributed by atoms with Crippen molar-refractivity contribution in [2.75, 3.05) is 11.3 Å². The molecule has 0 spiro atoms. The Hall–Kier alpha value is -1.92. The SMILES string of the molecule is O=S(=O)(Nc1cccnc1)c1ccc(CCCO)cc1. The van der Waals surface area contributed by atoms with Gasteiger partial charge in [0.05, 0.1) is 16.8 Å². The minimum absolute atomic E-state index is 0.128. The van der Waals surface area contributed by atoms with Gasteiger partial charge in [0.25, 0.3) is 10.0 Å². The number of aryl methyl sites for hydroxylation is 1. The molecule has 5 nitrogen and oxygen atoms in total. The van der Waals surface area contributed by atoms with Crippen LogP contribution < -0.4 is 4.72 Å². The van der Waals surface area contributed by atoms with Crippen molar-refractivity contribution in [3.8, 4) is 0 Å². The number of pyridine rings is 1. The summed E-state index contributed by atoms with van der Waals surface area (Å²) >= 11 is 0. The molecule has 0 amide bonds. The lowest BCUT2D eigenvalue weighted by molar-refractivity contribution is 0.288. The molecule has 1 aromatic carbocycles. The van der Waals surface area contributed by atoms with Gasteiger partial charge in [0.1, 0.15) is 0 Å². The predicted octanol–water partition coefficient (Wildman–Crippen LogP) is 1.81. The molecule has 0 aliphatic carbocycles. The van der Waals surface area contributed by atoms with E-state index in [2.05, 4.69) is 9.71 Å². The Morgan fingerprint density at radius 1 is 1.15 bits per heavy atom. The number of rotatable bonds is 6. The van der Waals surface area contributed by atoms with E-state index in [1.165, 1.54) is 6.20 Å². The van der Waals surface area contributed by atoms with Crippen LogP contribution >= 0.6 is 0 Å². The van der Waals surface area contributed by atoms with Gasteiger partial charge in [-0.1, -0.05) is 12.1 Å². The van der Waals surface area contributed by atoms with Crippen molar-refractivity contribution < 1.29 is 13.5 Å². The zero-order valence-electron chi connectivity index (χ0n) is 10.9. The fourth-order valence-electron chi connectivity index (χ4n) is 1.76. The molecule has 0 saturated carbocycles. The van der Waals surface area contributed by atoms with Gasteiger partial charge in [-0.25, -0.2) is 8.42 Å². The average molecular weight is 292 g/mol. The number of aliphatic hydroxyl groups is 1. The van der Waals surface area contributed by atoms with Crippen LogP contribution in [0.25, 0.3) is 0 Å². The predicted molar refractivity (Wildman–Crippen MR) is 76.9 cm³/mol. The molecule has 1 heterocycles. The van der Waals surface area contributed by atoms with Gasteiger partial charge in [-0.05, 0) is 42.7 Å². The molecule has 0 atom stereocenters. The number of nitrogens with zero attached hydrogens (tertiary/aromatic N) is 1. The topological polar surface area (TPSA) is 79.3 Å². The molecule has 0 fully saturated rings. The summed E-state index contributed by atoms with van der Waals surface area (Å²) in [6.45, 7) is 0.128. The van der Waals surface area contributed by atoms with Gasteiger partial charge in [-0.2, -0.15) is 0 Å². The first kappa shape index (κ1) is 14.5. The van der Waals surface area contributed by atoms with Crippen LogP contribution in [-0.2, 0) is 16.4 Å². The summed E-state index contributed by atoms with van der Waals surface area (Å²) in [6, 6.07) is 9.94. The third-order valence-corrected chi connectivity index (χ3v) is 4.17. The Balaban J connectivity index is 2.13. The third kappa shape index (κ3) is 3.79. The average Bonchev–Trinajstić information content (AvgIpc) is 2.46. The smallest absolute Gasteiger partial charge is 0.261 e. The lowest BCUT2D eigenvalue weighted by Crippen LogP contribution is -2.13. The second kappa shape index (κ2) is 6.49. The van der Waals surface area contributed by atoms with Crippen LogP contribution in [0.4, 0.5) is 5.69 Å². The first-order valence-corrected chi connectivity index (χ1v) is 7.73. The van der Waals surface area contributed by atoms with E-state index in [1.54, 1.807) is 42.6 Å². The zero-order chi connectivity index (χ0) is 14.4. The van der Waals surface area contributed by atoms with Gasteiger partial charge in [0.2, 0.25) is 0 Å². The third-order valence-electron chi connectivity index (χ3n) is 2.77. The van der Waals surface area contributed by atoms with Crippen LogP contribution in [0, 0.1) is 0 Å². The lowest BCUT2D eigenvalue weighted by Gasteiger charge is -2.08. The molecule has 6 heteroatoms. The molecule has 0 unspecified atom stereocenters. The first-order chi connectivity index (χ1) is 9.62. The van der Waals surface area contributed by atoms with Crippen molar-refractivity contribution in [3.05, 3.63) is 54.4 Å². The molecular formula is C14H16N2O3S. The Morgan fingerprint density at radius 2 is 1.90 bits per heavy atom. The summed E-state index contributed by atoms with van der Waals surface area (Å²) in [5.74, 6) is 0. The number of anilines is 1. The molecule has 0 bridgehead atoms. The summed E-state index contributed by atoms with van der Waals surface area (Å²) in [6.07, 6.45) is 4.42. The summed E-state index contributed by atoms with van der Waals surface area (Å²) in [5, 5.41) is 8.76. The molecule has 0 saturated heterocycles. The van der Waals surface area contributed by atoms with E-state index >= 15 is 0 Å². The number of aromatic nitrogens is 1. The molecule has 2 aromatic rings. The number of hydrogen-bond donors (Lipinski definition) is 2. The van der Waals surface area contributed by atoms with Gasteiger partial charge in [0, 0.05) is 12.8 Å². The molecule has 0 aliphatic heterocycles. The second-order valence-electron chi connectivity index (χ2n) is 4.32. The van der Waals surface area contributed by atoms with Crippen molar-refractivity contribution in [1.82, 2.24) is 4.98 Å². The zero-order valence-corrected chi connectivity index (χ0v) is 11.7. The van der Waals surface area contributed by atoms with E-state index in [-0.39, 0.29) is 11.5 Å². The van der Waals surface area contributed by atoms with E-state index in [0.717, 1.165) is 12.0 Å². The standard InChI is InChI=1S/C14H16N2O3S/c17-10-2-3-12-5-7-14(8-6-12)20(18,19)16-13-4-1-9-15-11-13/h1,4-9,11,16-17H,2-3,10H2. The quantitative estimate of drug-likeness (QED) is 0.851. The number of aliphatic hydroxyl groups excluding tert-OH is 1. The largest absolute Gasteiger partial charge is 0.396 e. The molecule has 0 radical (unpaired) electrons. The molecule has 20 heavy (non-hydrogen) atoms. The van der Waals surface area contributed by atoms with Crippen LogP contribution in [-0.4, -0.2) is 25.1 Å². The normalized spacial score (nSPS) is 11.2. The van der Waals surface area contributed by atoms with Gasteiger partial charge in [-0.3, -0.25) is 9.71 Å². The molecule has 0 aliphatic rings. The van der Waals surface area contributed by atoms with Crippen molar-refractivity contribution >= 4 is 15.7 Å². The van der Waals surface area contributed by atoms with Gasteiger partial charge in [-0.15, -0.1) is 0 Å². The molecule has 1 aromatic heterocycles. The highest BCUT2D eigenvalue weighted by Crippen LogP contribution is 2.16. The highest BCUT2D eigenvalue weighted by Gasteiger charge is 2.13. The Bertz CT molecular complexity index is 640. The van der Waals surface area contributed by atoms with Crippen molar-refractivity contribution in [2.24, 2.45) is 0 Å². The number of benzene rings is 1. The fraction of sp³-hybridized carbons (Fsp3) is 0.214. The maximum absolute atomic E-state index is 12.1. The number of sulfonamides is 1. The van der Waals surface area contributed by atoms with Crippen LogP contribution in [0.5, 0.6) is 0 Å². The summed E-state index contributed by atoms with van der Waals surface area (Å²) < 4.78 is 26.8. The van der Waals surface area contributed by atoms with Crippen LogP contribution in [0.15, 0.2) is 53.7 Å². The maximum Gasteiger partial charge on any atom is 0.261 e. The van der Waals surface area contributed by atoms with Crippen LogP contribution in [0.3, 0.4) is 0 Å². The molecule has 106 valence electrons. The van der Waals surface area contributed by atoms with Gasteiger partial charge in [0.15, 0.2) is 0 Å². The Kier molecular flexibility index (Phi) is 4.70. The monoisotopic (exact) mass is 292 g/mol. The molecule has 2 N–H and O–H groups in total. The highest BCUT2D eigenvalue weighted by atomic mass is 32.2. The van der Waals surface area contributed by atoms with Crippen LogP contribution in [0.2, 0.25) is 0 Å². The number of hydrogen-bond acceptors (Lipinski definition) is 4. The number of nitrogens with one attached hydrogen (secondary N) is 1. The van der Waals surface area contributed by atoms with Crippen molar-refractivity contribution in [2.45, 2.75) is 17.7 Å². The summed E-state index contributed by atoms with van der Waals surface area (Å²) in [5.41, 5.74) is 1.43. The Labute approximate surface area is 118 Å². The minimum Gasteiger partial charge on any atom is -0.396 e. The van der Waals surface area contributed by atoms with E-state index in [0.29, 0.717) is 12.1 Å². The van der Waals surface area contributed by atoms with E-state index in [4.69, 9.17) is 5.11 Å². The van der Waals surface area contributed by atoms with E-state index in [9.17, 15) is 8.42 Å². The minimum atomic E-state index is -3.59. The maximum atomic E-state index is 12.1. The summed E-state index contributed by atoms with van der Waals surface area (Å²) in [4.78, 5) is 4.06. The lowest BCUT2D eigenvalue weighted by atomic mass is 10.1. The van der Waals surface area contributed by atoms with Gasteiger partial charge < -0.3 is 5.11 Å². The summed E-state index contributed by atoms with van der Waals surface area (Å²) in [7, 11) is -3.59. The van der Waals surface area contributed by atoms with E-state index < -0.39 is 10.0 Å². The highest BCUT2D eigenvalue weighted by molar-refractivity contribution is 7.92. The second-order valence-corrected chi connectivity index (χ2v) is 6.00. The van der Waals surface area contributed by atoms with Crippen LogP contribution in [0.1, 0.15) is 12.0 Å². The van der Waals surface area contributed by atoms with Crippen molar-refractivity contribution in [1.29, 1.82) is 0 Å². The molecule has 2 rings (SSSR count). The van der Waals surface area contributed by atoms with Gasteiger partial charge >= 0.3 is 0 Å². The fourth-order valence-corrected chi connectivity index (χ4v) is 2.80. The Morgan fingerprint density at radius 3 is 2.50 bits per heavy atom.